The SMILES string of the molecule is Cc1ccc(C(=O)N[C@@H](C)CC(=O)c2ccccc2)cn1. The van der Waals surface area contributed by atoms with E-state index in [2.05, 4.69) is 10.3 Å². The predicted octanol–water partition coefficient (Wildman–Crippen LogP) is 2.78. The minimum atomic E-state index is -0.230. The summed E-state index contributed by atoms with van der Waals surface area (Å²) in [5.74, 6) is -0.193. The van der Waals surface area contributed by atoms with E-state index < -0.39 is 0 Å². The maximum absolute atomic E-state index is 12.1. The normalized spacial score (nSPS) is 11.7. The van der Waals surface area contributed by atoms with Crippen LogP contribution >= 0.6 is 0 Å². The van der Waals surface area contributed by atoms with Gasteiger partial charge in [0.15, 0.2) is 5.78 Å². The lowest BCUT2D eigenvalue weighted by molar-refractivity contribution is 0.0918. The van der Waals surface area contributed by atoms with Crippen LogP contribution in [0.5, 0.6) is 0 Å². The number of hydrogen-bond donors (Lipinski definition) is 1. The number of Topliss-reactive ketones (excluding diaryl/α,β-unsaturated/α-hetero) is 1. The Morgan fingerprint density at radius 2 is 1.81 bits per heavy atom. The fraction of sp³-hybridized carbons (Fsp3) is 0.235. The molecule has 1 heterocycles. The highest BCUT2D eigenvalue weighted by molar-refractivity contribution is 5.97. The van der Waals surface area contributed by atoms with Gasteiger partial charge < -0.3 is 5.32 Å². The average molecular weight is 282 g/mol. The molecule has 108 valence electrons. The molecule has 0 saturated heterocycles. The summed E-state index contributed by atoms with van der Waals surface area (Å²) in [6.45, 7) is 3.68. The van der Waals surface area contributed by atoms with Crippen molar-refractivity contribution in [1.82, 2.24) is 10.3 Å². The fourth-order valence-electron chi connectivity index (χ4n) is 1.98. The predicted molar refractivity (Wildman–Crippen MR) is 81.3 cm³/mol. The quantitative estimate of drug-likeness (QED) is 0.858. The van der Waals surface area contributed by atoms with E-state index in [0.717, 1.165) is 5.69 Å². The van der Waals surface area contributed by atoms with Gasteiger partial charge in [-0.15, -0.1) is 0 Å². The van der Waals surface area contributed by atoms with Crippen molar-refractivity contribution in [2.75, 3.05) is 0 Å². The summed E-state index contributed by atoms with van der Waals surface area (Å²) in [4.78, 5) is 28.2. The minimum absolute atomic E-state index is 0.0189. The van der Waals surface area contributed by atoms with Crippen LogP contribution in [0.15, 0.2) is 48.7 Å². The van der Waals surface area contributed by atoms with E-state index in [0.29, 0.717) is 11.1 Å². The molecule has 1 amide bonds. The Morgan fingerprint density at radius 1 is 1.10 bits per heavy atom. The van der Waals surface area contributed by atoms with E-state index in [4.69, 9.17) is 0 Å². The van der Waals surface area contributed by atoms with Gasteiger partial charge in [0.25, 0.3) is 5.91 Å². The van der Waals surface area contributed by atoms with Crippen molar-refractivity contribution in [3.05, 3.63) is 65.5 Å². The van der Waals surface area contributed by atoms with E-state index in [1.165, 1.54) is 6.20 Å². The summed E-state index contributed by atoms with van der Waals surface area (Å²) in [5.41, 5.74) is 2.02. The van der Waals surface area contributed by atoms with Gasteiger partial charge in [-0.3, -0.25) is 14.6 Å². The van der Waals surface area contributed by atoms with Crippen molar-refractivity contribution in [2.24, 2.45) is 0 Å². The molecule has 1 aromatic heterocycles. The van der Waals surface area contributed by atoms with Crippen LogP contribution in [0.4, 0.5) is 0 Å². The van der Waals surface area contributed by atoms with Crippen molar-refractivity contribution in [2.45, 2.75) is 26.3 Å². The number of ketones is 1. The standard InChI is InChI=1S/C17H18N2O2/c1-12-8-9-15(11-18-12)17(21)19-13(2)10-16(20)14-6-4-3-5-7-14/h3-9,11,13H,10H2,1-2H3,(H,19,21)/t13-/m0/s1. The van der Waals surface area contributed by atoms with Crippen molar-refractivity contribution >= 4 is 11.7 Å². The molecule has 4 heteroatoms. The van der Waals surface area contributed by atoms with Gasteiger partial charge in [-0.05, 0) is 26.0 Å². The molecule has 2 rings (SSSR count). The summed E-state index contributed by atoms with van der Waals surface area (Å²) in [5, 5.41) is 2.82. The third-order valence-corrected chi connectivity index (χ3v) is 3.14. The highest BCUT2D eigenvalue weighted by Crippen LogP contribution is 2.06. The Labute approximate surface area is 124 Å². The van der Waals surface area contributed by atoms with Crippen molar-refractivity contribution in [1.29, 1.82) is 0 Å². The summed E-state index contributed by atoms with van der Waals surface area (Å²) in [6.07, 6.45) is 1.81. The molecule has 21 heavy (non-hydrogen) atoms. The Kier molecular flexibility index (Phi) is 4.82. The van der Waals surface area contributed by atoms with Gasteiger partial charge in [-0.2, -0.15) is 0 Å². The summed E-state index contributed by atoms with van der Waals surface area (Å²) in [6, 6.07) is 12.4. The molecule has 0 fully saturated rings. The zero-order chi connectivity index (χ0) is 15.2. The van der Waals surface area contributed by atoms with Crippen LogP contribution < -0.4 is 5.32 Å². The second-order valence-corrected chi connectivity index (χ2v) is 5.06. The number of nitrogens with one attached hydrogen (secondary N) is 1. The number of rotatable bonds is 5. The van der Waals surface area contributed by atoms with Crippen LogP contribution in [0, 0.1) is 6.92 Å². The molecule has 0 saturated carbocycles. The van der Waals surface area contributed by atoms with Crippen molar-refractivity contribution in [3.8, 4) is 0 Å². The van der Waals surface area contributed by atoms with Crippen LogP contribution in [-0.2, 0) is 0 Å². The minimum Gasteiger partial charge on any atom is -0.349 e. The Hall–Kier alpha value is -2.49. The molecule has 0 unspecified atom stereocenters. The van der Waals surface area contributed by atoms with E-state index in [1.54, 1.807) is 24.3 Å². The Bertz CT molecular complexity index is 621. The number of carbonyl (C=O) groups excluding carboxylic acids is 2. The first-order chi connectivity index (χ1) is 10.1. The van der Waals surface area contributed by atoms with Gasteiger partial charge in [0.05, 0.1) is 5.56 Å². The highest BCUT2D eigenvalue weighted by Gasteiger charge is 2.14. The summed E-state index contributed by atoms with van der Waals surface area (Å²) < 4.78 is 0. The fourth-order valence-corrected chi connectivity index (χ4v) is 1.98. The number of aryl methyl sites for hydroxylation is 1. The van der Waals surface area contributed by atoms with Crippen LogP contribution in [0.2, 0.25) is 0 Å². The monoisotopic (exact) mass is 282 g/mol. The molecule has 0 radical (unpaired) electrons. The maximum atomic E-state index is 12.1. The number of hydrogen-bond acceptors (Lipinski definition) is 3. The summed E-state index contributed by atoms with van der Waals surface area (Å²) >= 11 is 0. The van der Waals surface area contributed by atoms with E-state index in [9.17, 15) is 9.59 Å². The number of pyridine rings is 1. The Morgan fingerprint density at radius 3 is 2.43 bits per heavy atom. The zero-order valence-electron chi connectivity index (χ0n) is 12.2. The molecule has 1 N–H and O–H groups in total. The third kappa shape index (κ3) is 4.24. The first-order valence-electron chi connectivity index (χ1n) is 6.88. The van der Waals surface area contributed by atoms with Crippen LogP contribution in [0.1, 0.15) is 39.8 Å². The third-order valence-electron chi connectivity index (χ3n) is 3.14. The second kappa shape index (κ2) is 6.79. The lowest BCUT2D eigenvalue weighted by atomic mass is 10.0. The van der Waals surface area contributed by atoms with Gasteiger partial charge in [0.2, 0.25) is 0 Å². The zero-order valence-corrected chi connectivity index (χ0v) is 12.2. The molecule has 1 aromatic carbocycles. The smallest absolute Gasteiger partial charge is 0.253 e. The molecule has 1 atom stereocenters. The van der Waals surface area contributed by atoms with Crippen LogP contribution in [-0.4, -0.2) is 22.7 Å². The van der Waals surface area contributed by atoms with Crippen molar-refractivity contribution in [3.63, 3.8) is 0 Å². The topological polar surface area (TPSA) is 59.1 Å². The lowest BCUT2D eigenvalue weighted by Gasteiger charge is -2.13. The molecule has 0 aliphatic heterocycles. The summed E-state index contributed by atoms with van der Waals surface area (Å²) in [7, 11) is 0. The van der Waals surface area contributed by atoms with Crippen molar-refractivity contribution < 1.29 is 9.59 Å². The Balaban J connectivity index is 1.92. The largest absolute Gasteiger partial charge is 0.349 e. The van der Waals surface area contributed by atoms with Crippen LogP contribution in [0.3, 0.4) is 0 Å². The van der Waals surface area contributed by atoms with Crippen LogP contribution in [0.25, 0.3) is 0 Å². The number of benzene rings is 1. The molecule has 0 bridgehead atoms. The first kappa shape index (κ1) is 14.9. The van der Waals surface area contributed by atoms with Gasteiger partial charge in [-0.25, -0.2) is 0 Å². The molecular formula is C17H18N2O2. The number of amides is 1. The van der Waals surface area contributed by atoms with E-state index in [1.807, 2.05) is 32.0 Å². The second-order valence-electron chi connectivity index (χ2n) is 5.06. The lowest BCUT2D eigenvalue weighted by Crippen LogP contribution is -2.34. The van der Waals surface area contributed by atoms with Gasteiger partial charge >= 0.3 is 0 Å². The molecular weight excluding hydrogens is 264 g/mol. The molecule has 0 aliphatic rings. The van der Waals surface area contributed by atoms with Gasteiger partial charge in [0.1, 0.15) is 0 Å². The molecule has 4 nitrogen and oxygen atoms in total. The molecule has 0 spiro atoms. The molecule has 2 aromatic rings. The number of aromatic nitrogens is 1. The number of carbonyl (C=O) groups is 2. The van der Waals surface area contributed by atoms with Gasteiger partial charge in [-0.1, -0.05) is 30.3 Å². The average Bonchev–Trinajstić information content (AvgIpc) is 2.48. The number of nitrogens with zero attached hydrogens (tertiary/aromatic N) is 1. The van der Waals surface area contributed by atoms with Gasteiger partial charge in [0, 0.05) is 29.9 Å². The van der Waals surface area contributed by atoms with E-state index in [-0.39, 0.29) is 24.2 Å². The maximum Gasteiger partial charge on any atom is 0.253 e. The van der Waals surface area contributed by atoms with E-state index >= 15 is 0 Å². The first-order valence-corrected chi connectivity index (χ1v) is 6.88. The highest BCUT2D eigenvalue weighted by atomic mass is 16.2. The molecule has 0 aliphatic carbocycles.